The Morgan fingerprint density at radius 1 is 1.14 bits per heavy atom. The summed E-state index contributed by atoms with van der Waals surface area (Å²) in [7, 11) is 0. The van der Waals surface area contributed by atoms with E-state index in [9.17, 15) is 14.7 Å². The maximum atomic E-state index is 13.8. The molecule has 7 heteroatoms. The molecule has 0 radical (unpaired) electrons. The Labute approximate surface area is 205 Å². The fraction of sp³-hybridized carbons (Fsp3) is 0.179. The first-order valence-electron chi connectivity index (χ1n) is 11.4. The van der Waals surface area contributed by atoms with E-state index in [1.807, 2.05) is 61.5 Å². The monoisotopic (exact) mass is 484 g/mol. The molecule has 3 aromatic carbocycles. The molecule has 0 aliphatic carbocycles. The summed E-state index contributed by atoms with van der Waals surface area (Å²) in [5.41, 5.74) is 2.94. The smallest absolute Gasteiger partial charge is 0.338 e. The van der Waals surface area contributed by atoms with Crippen LogP contribution in [0.15, 0.2) is 81.7 Å². The zero-order valence-corrected chi connectivity index (χ0v) is 20.4. The Hall–Kier alpha value is -3.97. The van der Waals surface area contributed by atoms with Crippen molar-refractivity contribution in [1.29, 1.82) is 0 Å². The molecule has 176 valence electrons. The van der Waals surface area contributed by atoms with E-state index in [1.54, 1.807) is 30.6 Å². The van der Waals surface area contributed by atoms with Gasteiger partial charge < -0.3 is 9.84 Å². The van der Waals surface area contributed by atoms with E-state index in [1.165, 1.54) is 11.3 Å². The molecule has 1 aliphatic rings. The Bertz CT molecular complexity index is 1690. The van der Waals surface area contributed by atoms with E-state index in [4.69, 9.17) is 4.74 Å². The molecule has 1 aromatic heterocycles. The summed E-state index contributed by atoms with van der Waals surface area (Å²) in [6, 6.07) is 18.3. The highest BCUT2D eigenvalue weighted by Gasteiger charge is 2.34. The van der Waals surface area contributed by atoms with E-state index >= 15 is 0 Å². The lowest BCUT2D eigenvalue weighted by Crippen LogP contribution is -2.40. The maximum Gasteiger partial charge on any atom is 0.338 e. The van der Waals surface area contributed by atoms with Gasteiger partial charge in [0.1, 0.15) is 5.75 Å². The number of benzene rings is 3. The SMILES string of the molecule is CCOC(=O)C1=C(C)N=c2sc(=Cc3cc(C)ccc3O)c(=O)n2C1c1cccc2ccccc12. The molecule has 2 heterocycles. The van der Waals surface area contributed by atoms with Gasteiger partial charge in [-0.05, 0) is 55.3 Å². The van der Waals surface area contributed by atoms with Crippen molar-refractivity contribution in [2.45, 2.75) is 26.8 Å². The van der Waals surface area contributed by atoms with Crippen molar-refractivity contribution in [2.75, 3.05) is 6.61 Å². The van der Waals surface area contributed by atoms with Gasteiger partial charge in [-0.25, -0.2) is 9.79 Å². The topological polar surface area (TPSA) is 80.9 Å². The molecule has 1 N–H and O–H groups in total. The number of hydrogen-bond donors (Lipinski definition) is 1. The standard InChI is InChI=1S/C28H24N2O4S/c1-4-34-27(33)24-17(3)29-28-30(25(24)21-11-7-9-18-8-5-6-10-20(18)21)26(32)23(35-28)15-19-14-16(2)12-13-22(19)31/h5-15,25,31H,4H2,1-3H3. The van der Waals surface area contributed by atoms with Crippen LogP contribution >= 0.6 is 11.3 Å². The van der Waals surface area contributed by atoms with Crippen LogP contribution in [0.3, 0.4) is 0 Å². The average molecular weight is 485 g/mol. The van der Waals surface area contributed by atoms with Crippen LogP contribution in [0.1, 0.15) is 36.6 Å². The van der Waals surface area contributed by atoms with E-state index in [-0.39, 0.29) is 17.9 Å². The first-order valence-corrected chi connectivity index (χ1v) is 12.2. The quantitative estimate of drug-likeness (QED) is 0.445. The predicted molar refractivity (Wildman–Crippen MR) is 137 cm³/mol. The van der Waals surface area contributed by atoms with E-state index < -0.39 is 12.0 Å². The molecule has 0 fully saturated rings. The van der Waals surface area contributed by atoms with Gasteiger partial charge in [-0.2, -0.15) is 0 Å². The van der Waals surface area contributed by atoms with Crippen LogP contribution in [0.5, 0.6) is 5.75 Å². The molecule has 0 amide bonds. The van der Waals surface area contributed by atoms with Gasteiger partial charge in [0.25, 0.3) is 5.56 Å². The van der Waals surface area contributed by atoms with Gasteiger partial charge in [0.2, 0.25) is 0 Å². The lowest BCUT2D eigenvalue weighted by atomic mass is 9.91. The molecule has 0 saturated carbocycles. The first-order chi connectivity index (χ1) is 16.9. The number of ether oxygens (including phenoxy) is 1. The second kappa shape index (κ2) is 9.00. The van der Waals surface area contributed by atoms with Crippen molar-refractivity contribution in [3.63, 3.8) is 0 Å². The van der Waals surface area contributed by atoms with Crippen LogP contribution in [0, 0.1) is 6.92 Å². The zero-order chi connectivity index (χ0) is 24.7. The lowest BCUT2D eigenvalue weighted by molar-refractivity contribution is -0.139. The third-order valence-electron chi connectivity index (χ3n) is 6.10. The summed E-state index contributed by atoms with van der Waals surface area (Å²) in [5, 5.41) is 12.3. The number of esters is 1. The third-order valence-corrected chi connectivity index (χ3v) is 7.09. The molecule has 1 aliphatic heterocycles. The number of aromatic hydroxyl groups is 1. The van der Waals surface area contributed by atoms with Gasteiger partial charge in [0.05, 0.1) is 28.5 Å². The van der Waals surface area contributed by atoms with Gasteiger partial charge in [0.15, 0.2) is 4.80 Å². The van der Waals surface area contributed by atoms with Crippen LogP contribution in [0.25, 0.3) is 16.8 Å². The number of aryl methyl sites for hydroxylation is 1. The van der Waals surface area contributed by atoms with Crippen LogP contribution < -0.4 is 14.9 Å². The van der Waals surface area contributed by atoms with Crippen molar-refractivity contribution >= 4 is 34.2 Å². The Morgan fingerprint density at radius 3 is 2.71 bits per heavy atom. The zero-order valence-electron chi connectivity index (χ0n) is 19.6. The highest BCUT2D eigenvalue weighted by molar-refractivity contribution is 7.07. The van der Waals surface area contributed by atoms with E-state index in [0.717, 1.165) is 21.9 Å². The number of phenols is 1. The molecule has 0 saturated heterocycles. The summed E-state index contributed by atoms with van der Waals surface area (Å²) in [5.74, 6) is -0.396. The maximum absolute atomic E-state index is 13.8. The molecule has 6 nitrogen and oxygen atoms in total. The largest absolute Gasteiger partial charge is 0.507 e. The van der Waals surface area contributed by atoms with Gasteiger partial charge in [-0.15, -0.1) is 0 Å². The number of nitrogens with zero attached hydrogens (tertiary/aromatic N) is 2. The minimum Gasteiger partial charge on any atom is -0.507 e. The predicted octanol–water partition coefficient (Wildman–Crippen LogP) is 3.97. The van der Waals surface area contributed by atoms with Crippen LogP contribution in [-0.4, -0.2) is 22.2 Å². The van der Waals surface area contributed by atoms with Gasteiger partial charge >= 0.3 is 5.97 Å². The third kappa shape index (κ3) is 3.98. The summed E-state index contributed by atoms with van der Waals surface area (Å²) < 4.78 is 7.39. The number of hydrogen-bond acceptors (Lipinski definition) is 6. The van der Waals surface area contributed by atoms with E-state index in [0.29, 0.717) is 26.2 Å². The molecular formula is C28H24N2O4S. The number of aromatic nitrogens is 1. The molecular weight excluding hydrogens is 460 g/mol. The van der Waals surface area contributed by atoms with Crippen LogP contribution in [-0.2, 0) is 9.53 Å². The number of carbonyl (C=O) groups excluding carboxylic acids is 1. The van der Waals surface area contributed by atoms with Crippen molar-refractivity contribution in [1.82, 2.24) is 4.57 Å². The number of carbonyl (C=O) groups is 1. The summed E-state index contributed by atoms with van der Waals surface area (Å²) in [6.45, 7) is 5.67. The van der Waals surface area contributed by atoms with Gasteiger partial charge in [-0.3, -0.25) is 9.36 Å². The van der Waals surface area contributed by atoms with Crippen LogP contribution in [0.4, 0.5) is 0 Å². The average Bonchev–Trinajstić information content (AvgIpc) is 3.14. The second-order valence-corrected chi connectivity index (χ2v) is 9.44. The molecule has 35 heavy (non-hydrogen) atoms. The second-order valence-electron chi connectivity index (χ2n) is 8.43. The number of fused-ring (bicyclic) bond motifs is 2. The van der Waals surface area contributed by atoms with Crippen molar-refractivity contribution in [2.24, 2.45) is 4.99 Å². The number of thiazole rings is 1. The molecule has 4 aromatic rings. The van der Waals surface area contributed by atoms with Gasteiger partial charge in [-0.1, -0.05) is 65.4 Å². The number of phenolic OH excluding ortho intramolecular Hbond substituents is 1. The molecule has 1 unspecified atom stereocenters. The molecule has 5 rings (SSSR count). The van der Waals surface area contributed by atoms with Crippen molar-refractivity contribution in [3.8, 4) is 5.75 Å². The van der Waals surface area contributed by atoms with E-state index in [2.05, 4.69) is 4.99 Å². The lowest BCUT2D eigenvalue weighted by Gasteiger charge is -2.25. The Balaban J connectivity index is 1.82. The normalized spacial score (nSPS) is 15.7. The fourth-order valence-electron chi connectivity index (χ4n) is 4.51. The van der Waals surface area contributed by atoms with Crippen molar-refractivity contribution < 1.29 is 14.6 Å². The molecule has 1 atom stereocenters. The van der Waals surface area contributed by atoms with Gasteiger partial charge in [0, 0.05) is 5.56 Å². The van der Waals surface area contributed by atoms with Crippen LogP contribution in [0.2, 0.25) is 0 Å². The highest BCUT2D eigenvalue weighted by Crippen LogP contribution is 2.34. The first kappa shape index (κ1) is 22.8. The Morgan fingerprint density at radius 2 is 1.91 bits per heavy atom. The highest BCUT2D eigenvalue weighted by atomic mass is 32.1. The Kier molecular flexibility index (Phi) is 5.86. The number of rotatable bonds is 4. The molecule has 0 bridgehead atoms. The fourth-order valence-corrected chi connectivity index (χ4v) is 5.54. The number of allylic oxidation sites excluding steroid dienone is 1. The minimum absolute atomic E-state index is 0.0930. The summed E-state index contributed by atoms with van der Waals surface area (Å²) in [6.07, 6.45) is 1.68. The summed E-state index contributed by atoms with van der Waals surface area (Å²) >= 11 is 1.24. The minimum atomic E-state index is -0.690. The molecule has 0 spiro atoms. The summed E-state index contributed by atoms with van der Waals surface area (Å²) in [4.78, 5) is 32.1. The van der Waals surface area contributed by atoms with Crippen molar-refractivity contribution in [3.05, 3.63) is 108 Å².